The van der Waals surface area contributed by atoms with Crippen LogP contribution in [0.25, 0.3) is 0 Å². The molecule has 0 aromatic heterocycles. The number of para-hydroxylation sites is 1. The molecule has 0 radical (unpaired) electrons. The number of carbonyl (C=O) groups excluding carboxylic acids is 1. The Hall–Kier alpha value is -1.55. The van der Waals surface area contributed by atoms with Gasteiger partial charge in [0, 0.05) is 24.1 Å². The number of hydrogen-bond donors (Lipinski definition) is 3. The molecular formula is C12H18N2O2. The van der Waals surface area contributed by atoms with Gasteiger partial charge in [0.1, 0.15) is 5.75 Å². The number of hydrogen-bond acceptors (Lipinski definition) is 3. The molecule has 0 aliphatic heterocycles. The van der Waals surface area contributed by atoms with Crippen LogP contribution in [0.15, 0.2) is 24.3 Å². The van der Waals surface area contributed by atoms with E-state index < -0.39 is 0 Å². The summed E-state index contributed by atoms with van der Waals surface area (Å²) in [6, 6.07) is 7.11. The van der Waals surface area contributed by atoms with Gasteiger partial charge in [-0.05, 0) is 19.9 Å². The first-order valence-electron chi connectivity index (χ1n) is 5.33. The van der Waals surface area contributed by atoms with Gasteiger partial charge in [0.25, 0.3) is 0 Å². The highest BCUT2D eigenvalue weighted by Crippen LogP contribution is 2.23. The molecule has 0 saturated heterocycles. The number of phenolic OH excluding ortho intramolecular Hbond substituents is 1. The van der Waals surface area contributed by atoms with Crippen LogP contribution in [0.3, 0.4) is 0 Å². The van der Waals surface area contributed by atoms with Crippen molar-refractivity contribution in [1.29, 1.82) is 0 Å². The Bertz CT molecular complexity index is 366. The highest BCUT2D eigenvalue weighted by Gasteiger charge is 2.13. The first-order valence-corrected chi connectivity index (χ1v) is 5.33. The number of rotatable bonds is 5. The molecule has 0 heterocycles. The fourth-order valence-corrected chi connectivity index (χ4v) is 1.73. The Morgan fingerprint density at radius 2 is 2.06 bits per heavy atom. The number of carbonyl (C=O) groups is 1. The summed E-state index contributed by atoms with van der Waals surface area (Å²) < 4.78 is 0. The molecule has 16 heavy (non-hydrogen) atoms. The van der Waals surface area contributed by atoms with E-state index in [1.807, 2.05) is 26.0 Å². The number of aromatic hydroxyl groups is 1. The molecule has 0 aliphatic carbocycles. The zero-order chi connectivity index (χ0) is 12.1. The number of benzene rings is 1. The molecule has 0 saturated carbocycles. The molecular weight excluding hydrogens is 204 g/mol. The van der Waals surface area contributed by atoms with E-state index in [9.17, 15) is 9.90 Å². The lowest BCUT2D eigenvalue weighted by atomic mass is 10.1. The second kappa shape index (κ2) is 5.51. The molecule has 88 valence electrons. The molecule has 4 N–H and O–H groups in total. The smallest absolute Gasteiger partial charge is 0.218 e. The van der Waals surface area contributed by atoms with Crippen LogP contribution in [-0.4, -0.2) is 17.1 Å². The fourth-order valence-electron chi connectivity index (χ4n) is 1.73. The second-order valence-corrected chi connectivity index (χ2v) is 4.02. The topological polar surface area (TPSA) is 75.4 Å². The molecule has 4 nitrogen and oxygen atoms in total. The first-order chi connectivity index (χ1) is 7.50. The summed E-state index contributed by atoms with van der Waals surface area (Å²) in [5.74, 6) is -0.0711. The lowest BCUT2D eigenvalue weighted by molar-refractivity contribution is -0.118. The third-order valence-corrected chi connectivity index (χ3v) is 2.45. The van der Waals surface area contributed by atoms with Gasteiger partial charge in [0.2, 0.25) is 5.91 Å². The normalized spacial score (nSPS) is 14.4. The van der Waals surface area contributed by atoms with E-state index in [4.69, 9.17) is 5.73 Å². The Kier molecular flexibility index (Phi) is 4.31. The molecule has 1 aromatic carbocycles. The van der Waals surface area contributed by atoms with Crippen LogP contribution in [0.1, 0.15) is 31.9 Å². The first kappa shape index (κ1) is 12.5. The van der Waals surface area contributed by atoms with Crippen LogP contribution >= 0.6 is 0 Å². The van der Waals surface area contributed by atoms with Gasteiger partial charge in [-0.2, -0.15) is 0 Å². The lowest BCUT2D eigenvalue weighted by Gasteiger charge is -2.20. The molecule has 0 aliphatic rings. The van der Waals surface area contributed by atoms with Crippen LogP contribution in [0, 0.1) is 0 Å². The Labute approximate surface area is 95.5 Å². The standard InChI is InChI=1S/C12H18N2O2/c1-8(7-12(13)16)14-9(2)10-5-3-4-6-11(10)15/h3-6,8-9,14-15H,7H2,1-2H3,(H2,13,16). The zero-order valence-corrected chi connectivity index (χ0v) is 9.60. The van der Waals surface area contributed by atoms with Crippen molar-refractivity contribution in [1.82, 2.24) is 5.32 Å². The monoisotopic (exact) mass is 222 g/mol. The maximum atomic E-state index is 10.7. The molecule has 0 fully saturated rings. The minimum atomic E-state index is -0.329. The van der Waals surface area contributed by atoms with E-state index >= 15 is 0 Å². The molecule has 1 rings (SSSR count). The molecule has 2 unspecified atom stereocenters. The van der Waals surface area contributed by atoms with Crippen LogP contribution in [-0.2, 0) is 4.79 Å². The molecule has 1 amide bonds. The molecule has 0 spiro atoms. The van der Waals surface area contributed by atoms with E-state index in [2.05, 4.69) is 5.32 Å². The van der Waals surface area contributed by atoms with Crippen molar-refractivity contribution in [3.8, 4) is 5.75 Å². The Morgan fingerprint density at radius 1 is 1.44 bits per heavy atom. The third kappa shape index (κ3) is 3.55. The number of primary amides is 1. The SMILES string of the molecule is CC(CC(N)=O)NC(C)c1ccccc1O. The van der Waals surface area contributed by atoms with Gasteiger partial charge in [-0.25, -0.2) is 0 Å². The van der Waals surface area contributed by atoms with Crippen LogP contribution in [0.5, 0.6) is 5.75 Å². The summed E-state index contributed by atoms with van der Waals surface area (Å²) in [4.78, 5) is 10.7. The van der Waals surface area contributed by atoms with E-state index in [1.165, 1.54) is 0 Å². The van der Waals surface area contributed by atoms with Gasteiger partial charge < -0.3 is 16.2 Å². The summed E-state index contributed by atoms with van der Waals surface area (Å²) in [7, 11) is 0. The number of nitrogens with one attached hydrogen (secondary N) is 1. The summed E-state index contributed by atoms with van der Waals surface area (Å²) >= 11 is 0. The molecule has 1 aromatic rings. The fraction of sp³-hybridized carbons (Fsp3) is 0.417. The Morgan fingerprint density at radius 3 is 2.62 bits per heavy atom. The second-order valence-electron chi connectivity index (χ2n) is 4.02. The number of phenols is 1. The van der Waals surface area contributed by atoms with E-state index in [-0.39, 0.29) is 30.2 Å². The van der Waals surface area contributed by atoms with E-state index in [1.54, 1.807) is 12.1 Å². The third-order valence-electron chi connectivity index (χ3n) is 2.45. The predicted molar refractivity (Wildman–Crippen MR) is 62.9 cm³/mol. The van der Waals surface area contributed by atoms with Crippen molar-refractivity contribution < 1.29 is 9.90 Å². The van der Waals surface area contributed by atoms with Crippen molar-refractivity contribution in [2.45, 2.75) is 32.4 Å². The van der Waals surface area contributed by atoms with Gasteiger partial charge in [0.05, 0.1) is 0 Å². The van der Waals surface area contributed by atoms with Crippen molar-refractivity contribution in [2.24, 2.45) is 5.73 Å². The largest absolute Gasteiger partial charge is 0.508 e. The zero-order valence-electron chi connectivity index (χ0n) is 9.60. The average Bonchev–Trinajstić information content (AvgIpc) is 2.16. The highest BCUT2D eigenvalue weighted by molar-refractivity contribution is 5.74. The van der Waals surface area contributed by atoms with Gasteiger partial charge in [0.15, 0.2) is 0 Å². The minimum Gasteiger partial charge on any atom is -0.508 e. The summed E-state index contributed by atoms with van der Waals surface area (Å²) in [6.45, 7) is 3.83. The minimum absolute atomic E-state index is 0.00731. The van der Waals surface area contributed by atoms with Crippen molar-refractivity contribution in [3.63, 3.8) is 0 Å². The van der Waals surface area contributed by atoms with Crippen LogP contribution < -0.4 is 11.1 Å². The molecule has 2 atom stereocenters. The van der Waals surface area contributed by atoms with E-state index in [0.717, 1.165) is 5.56 Å². The summed E-state index contributed by atoms with van der Waals surface area (Å²) in [5, 5.41) is 12.9. The molecule has 0 bridgehead atoms. The van der Waals surface area contributed by atoms with E-state index in [0.29, 0.717) is 0 Å². The number of amides is 1. The maximum Gasteiger partial charge on any atom is 0.218 e. The van der Waals surface area contributed by atoms with Gasteiger partial charge >= 0.3 is 0 Å². The van der Waals surface area contributed by atoms with Crippen molar-refractivity contribution in [2.75, 3.05) is 0 Å². The van der Waals surface area contributed by atoms with Crippen molar-refractivity contribution >= 4 is 5.91 Å². The maximum absolute atomic E-state index is 10.7. The molecule has 4 heteroatoms. The van der Waals surface area contributed by atoms with Crippen molar-refractivity contribution in [3.05, 3.63) is 29.8 Å². The number of nitrogens with two attached hydrogens (primary N) is 1. The van der Waals surface area contributed by atoms with Gasteiger partial charge in [-0.3, -0.25) is 4.79 Å². The average molecular weight is 222 g/mol. The van der Waals surface area contributed by atoms with Crippen LogP contribution in [0.2, 0.25) is 0 Å². The van der Waals surface area contributed by atoms with Crippen LogP contribution in [0.4, 0.5) is 0 Å². The quantitative estimate of drug-likeness (QED) is 0.703. The summed E-state index contributed by atoms with van der Waals surface area (Å²) in [6.07, 6.45) is 0.290. The highest BCUT2D eigenvalue weighted by atomic mass is 16.3. The lowest BCUT2D eigenvalue weighted by Crippen LogP contribution is -2.32. The predicted octanol–water partition coefficient (Wildman–Crippen LogP) is 1.31. The van der Waals surface area contributed by atoms with Gasteiger partial charge in [-0.15, -0.1) is 0 Å². The van der Waals surface area contributed by atoms with Gasteiger partial charge in [-0.1, -0.05) is 18.2 Å². The Balaban J connectivity index is 2.62. The summed E-state index contributed by atoms with van der Waals surface area (Å²) in [5.41, 5.74) is 5.93.